The first kappa shape index (κ1) is 11.3. The maximum absolute atomic E-state index is 12.4. The van der Waals surface area contributed by atoms with E-state index in [-0.39, 0.29) is 5.63 Å². The second-order valence-corrected chi connectivity index (χ2v) is 5.12. The summed E-state index contributed by atoms with van der Waals surface area (Å²) in [7, 11) is 2.01. The van der Waals surface area contributed by atoms with Crippen molar-refractivity contribution in [3.8, 4) is 11.1 Å². The molecule has 0 atom stereocenters. The normalized spacial score (nSPS) is 13.2. The quantitative estimate of drug-likeness (QED) is 0.583. The monoisotopic (exact) mass is 263 g/mol. The van der Waals surface area contributed by atoms with Crippen molar-refractivity contribution in [3.05, 3.63) is 64.5 Å². The molecule has 2 aromatic carbocycles. The van der Waals surface area contributed by atoms with E-state index in [0.29, 0.717) is 11.1 Å². The van der Waals surface area contributed by atoms with Crippen molar-refractivity contribution in [2.75, 3.05) is 11.9 Å². The van der Waals surface area contributed by atoms with Crippen LogP contribution in [0.1, 0.15) is 5.56 Å². The number of para-hydroxylation sites is 1. The van der Waals surface area contributed by atoms with Crippen LogP contribution < -0.4 is 10.5 Å². The van der Waals surface area contributed by atoms with Crippen LogP contribution in [-0.4, -0.2) is 7.05 Å². The Bertz CT molecular complexity index is 880. The third-order valence-corrected chi connectivity index (χ3v) is 3.86. The van der Waals surface area contributed by atoms with Crippen LogP contribution >= 0.6 is 0 Å². The molecule has 0 unspecified atom stereocenters. The van der Waals surface area contributed by atoms with Crippen LogP contribution in [0.5, 0.6) is 0 Å². The highest BCUT2D eigenvalue weighted by Gasteiger charge is 2.25. The Morgan fingerprint density at radius 3 is 2.70 bits per heavy atom. The molecule has 0 spiro atoms. The summed E-state index contributed by atoms with van der Waals surface area (Å²) in [5.74, 6) is 0. The number of benzene rings is 2. The van der Waals surface area contributed by atoms with E-state index >= 15 is 0 Å². The maximum Gasteiger partial charge on any atom is 0.346 e. The van der Waals surface area contributed by atoms with Crippen LogP contribution in [0.15, 0.2) is 57.7 Å². The van der Waals surface area contributed by atoms with Crippen LogP contribution in [0.25, 0.3) is 22.1 Å². The second-order valence-electron chi connectivity index (χ2n) is 5.12. The molecular weight excluding hydrogens is 250 g/mol. The lowest BCUT2D eigenvalue weighted by Crippen LogP contribution is -2.25. The Morgan fingerprint density at radius 1 is 1.05 bits per heavy atom. The summed E-state index contributed by atoms with van der Waals surface area (Å²) in [6, 6.07) is 15.7. The fourth-order valence-corrected chi connectivity index (χ4v) is 3.00. The van der Waals surface area contributed by atoms with Gasteiger partial charge in [-0.1, -0.05) is 36.4 Å². The van der Waals surface area contributed by atoms with Gasteiger partial charge in [0.1, 0.15) is 5.58 Å². The number of anilines is 1. The standard InChI is InChI=1S/C17H13NO2/c1-18-10-11-6-2-3-7-12(11)15-16(18)13-8-4-5-9-14(13)20-17(15)19/h2-9H,10H2,1H3. The number of nitrogens with zero attached hydrogens (tertiary/aromatic N) is 1. The molecule has 0 bridgehead atoms. The van der Waals surface area contributed by atoms with E-state index in [0.717, 1.165) is 28.7 Å². The molecule has 3 heteroatoms. The van der Waals surface area contributed by atoms with E-state index in [1.165, 1.54) is 0 Å². The SMILES string of the molecule is CN1Cc2ccccc2-c2c1c1ccccc1oc2=O. The van der Waals surface area contributed by atoms with Crippen molar-refractivity contribution in [2.24, 2.45) is 0 Å². The number of hydrogen-bond acceptors (Lipinski definition) is 3. The number of hydrogen-bond donors (Lipinski definition) is 0. The molecule has 3 aromatic rings. The Morgan fingerprint density at radius 2 is 1.80 bits per heavy atom. The molecule has 0 amide bonds. The van der Waals surface area contributed by atoms with E-state index in [1.54, 1.807) is 0 Å². The summed E-state index contributed by atoms with van der Waals surface area (Å²) in [5.41, 5.74) is 4.16. The smallest absolute Gasteiger partial charge is 0.346 e. The van der Waals surface area contributed by atoms with E-state index in [4.69, 9.17) is 4.42 Å². The first-order valence-electron chi connectivity index (χ1n) is 6.61. The van der Waals surface area contributed by atoms with E-state index in [2.05, 4.69) is 11.0 Å². The molecule has 2 heterocycles. The zero-order valence-electron chi connectivity index (χ0n) is 11.1. The Labute approximate surface area is 116 Å². The first-order valence-corrected chi connectivity index (χ1v) is 6.61. The average Bonchev–Trinajstić information content (AvgIpc) is 2.47. The molecule has 0 aliphatic carbocycles. The lowest BCUT2D eigenvalue weighted by atomic mass is 9.93. The predicted octanol–water partition coefficient (Wildman–Crippen LogP) is 3.41. The fraction of sp³-hybridized carbons (Fsp3) is 0.118. The van der Waals surface area contributed by atoms with Crippen molar-refractivity contribution in [2.45, 2.75) is 6.54 Å². The molecule has 0 fully saturated rings. The zero-order valence-corrected chi connectivity index (χ0v) is 11.1. The summed E-state index contributed by atoms with van der Waals surface area (Å²) < 4.78 is 5.48. The van der Waals surface area contributed by atoms with Gasteiger partial charge in [-0.15, -0.1) is 0 Å². The van der Waals surface area contributed by atoms with E-state index in [9.17, 15) is 4.79 Å². The van der Waals surface area contributed by atoms with Gasteiger partial charge in [0.2, 0.25) is 0 Å². The molecule has 0 radical (unpaired) electrons. The van der Waals surface area contributed by atoms with E-state index in [1.807, 2.05) is 49.5 Å². The molecule has 20 heavy (non-hydrogen) atoms. The zero-order chi connectivity index (χ0) is 13.7. The van der Waals surface area contributed by atoms with Crippen LogP contribution in [0.2, 0.25) is 0 Å². The second kappa shape index (κ2) is 3.97. The van der Waals surface area contributed by atoms with Gasteiger partial charge < -0.3 is 9.32 Å². The van der Waals surface area contributed by atoms with Crippen molar-refractivity contribution >= 4 is 16.7 Å². The van der Waals surface area contributed by atoms with Gasteiger partial charge in [-0.3, -0.25) is 0 Å². The maximum atomic E-state index is 12.4. The predicted molar refractivity (Wildman–Crippen MR) is 80.0 cm³/mol. The fourth-order valence-electron chi connectivity index (χ4n) is 3.00. The summed E-state index contributed by atoms with van der Waals surface area (Å²) in [5, 5.41) is 0.985. The Kier molecular flexibility index (Phi) is 2.24. The molecule has 0 saturated carbocycles. The average molecular weight is 263 g/mol. The van der Waals surface area contributed by atoms with Crippen LogP contribution in [0, 0.1) is 0 Å². The third-order valence-electron chi connectivity index (χ3n) is 3.86. The summed E-state index contributed by atoms with van der Waals surface area (Å²) in [6.07, 6.45) is 0. The summed E-state index contributed by atoms with van der Waals surface area (Å²) in [6.45, 7) is 0.802. The van der Waals surface area contributed by atoms with Crippen molar-refractivity contribution in [1.82, 2.24) is 0 Å². The third kappa shape index (κ3) is 1.43. The van der Waals surface area contributed by atoms with Crippen LogP contribution in [-0.2, 0) is 6.54 Å². The molecule has 1 aromatic heterocycles. The minimum absolute atomic E-state index is 0.266. The molecule has 0 N–H and O–H groups in total. The van der Waals surface area contributed by atoms with Gasteiger partial charge in [0.25, 0.3) is 0 Å². The molecule has 1 aliphatic heterocycles. The van der Waals surface area contributed by atoms with Crippen LogP contribution in [0.3, 0.4) is 0 Å². The first-order chi connectivity index (χ1) is 9.75. The van der Waals surface area contributed by atoms with Gasteiger partial charge in [-0.25, -0.2) is 4.79 Å². The number of fused-ring (bicyclic) bond motifs is 5. The van der Waals surface area contributed by atoms with Crippen molar-refractivity contribution < 1.29 is 4.42 Å². The summed E-state index contributed by atoms with van der Waals surface area (Å²) in [4.78, 5) is 14.5. The highest BCUT2D eigenvalue weighted by molar-refractivity contribution is 6.00. The van der Waals surface area contributed by atoms with Crippen molar-refractivity contribution in [1.29, 1.82) is 0 Å². The molecular formula is C17H13NO2. The topological polar surface area (TPSA) is 33.5 Å². The van der Waals surface area contributed by atoms with Gasteiger partial charge >= 0.3 is 5.63 Å². The molecule has 98 valence electrons. The highest BCUT2D eigenvalue weighted by atomic mass is 16.4. The lowest BCUT2D eigenvalue weighted by molar-refractivity contribution is 0.562. The molecule has 4 rings (SSSR count). The van der Waals surface area contributed by atoms with Crippen LogP contribution in [0.4, 0.5) is 5.69 Å². The number of rotatable bonds is 0. The minimum Gasteiger partial charge on any atom is -0.422 e. The molecule has 1 aliphatic rings. The molecule has 3 nitrogen and oxygen atoms in total. The Balaban J connectivity index is 2.20. The van der Waals surface area contributed by atoms with Crippen molar-refractivity contribution in [3.63, 3.8) is 0 Å². The largest absolute Gasteiger partial charge is 0.422 e. The van der Waals surface area contributed by atoms with Gasteiger partial charge in [0, 0.05) is 19.0 Å². The minimum atomic E-state index is -0.266. The van der Waals surface area contributed by atoms with E-state index < -0.39 is 0 Å². The van der Waals surface area contributed by atoms with Gasteiger partial charge in [0.15, 0.2) is 0 Å². The van der Waals surface area contributed by atoms with Gasteiger partial charge in [0.05, 0.1) is 11.3 Å². The summed E-state index contributed by atoms with van der Waals surface area (Å²) >= 11 is 0. The lowest BCUT2D eigenvalue weighted by Gasteiger charge is -2.29. The highest BCUT2D eigenvalue weighted by Crippen LogP contribution is 2.40. The van der Waals surface area contributed by atoms with Gasteiger partial charge in [-0.2, -0.15) is 0 Å². The Hall–Kier alpha value is -2.55. The van der Waals surface area contributed by atoms with Gasteiger partial charge in [-0.05, 0) is 23.3 Å². The molecule has 0 saturated heterocycles.